The van der Waals surface area contributed by atoms with E-state index >= 15 is 0 Å². The lowest BCUT2D eigenvalue weighted by atomic mass is 10.1. The number of amides is 1. The zero-order valence-electron chi connectivity index (χ0n) is 13.8. The number of nitrogens with zero attached hydrogens (tertiary/aromatic N) is 3. The lowest BCUT2D eigenvalue weighted by molar-refractivity contribution is -0.0768. The monoisotopic (exact) mass is 335 g/mol. The molecule has 1 saturated heterocycles. The summed E-state index contributed by atoms with van der Waals surface area (Å²) in [5.74, 6) is 0.771. The number of hydrogen-bond donors (Lipinski definition) is 0. The molecule has 25 heavy (non-hydrogen) atoms. The second-order valence-electron chi connectivity index (χ2n) is 5.95. The van der Waals surface area contributed by atoms with Crippen LogP contribution in [-0.2, 0) is 4.84 Å². The van der Waals surface area contributed by atoms with Crippen molar-refractivity contribution in [1.82, 2.24) is 15.3 Å². The maximum absolute atomic E-state index is 12.3. The quantitative estimate of drug-likeness (QED) is 0.733. The van der Waals surface area contributed by atoms with Crippen molar-refractivity contribution < 1.29 is 14.0 Å². The van der Waals surface area contributed by atoms with Crippen molar-refractivity contribution in [1.29, 1.82) is 0 Å². The van der Waals surface area contributed by atoms with Gasteiger partial charge in [0, 0.05) is 16.7 Å². The molecule has 2 aromatic carbocycles. The third-order valence-corrected chi connectivity index (χ3v) is 4.05. The van der Waals surface area contributed by atoms with Crippen LogP contribution < -0.4 is 0 Å². The minimum absolute atomic E-state index is 0.130. The van der Waals surface area contributed by atoms with Crippen LogP contribution >= 0.6 is 0 Å². The van der Waals surface area contributed by atoms with E-state index in [1.807, 2.05) is 31.2 Å². The Labute approximate surface area is 145 Å². The van der Waals surface area contributed by atoms with Crippen molar-refractivity contribution >= 4 is 5.91 Å². The fraction of sp³-hybridized carbons (Fsp3) is 0.211. The molecule has 4 rings (SSSR count). The number of carbonyl (C=O) groups excluding carboxylic acids is 1. The molecule has 3 aromatic rings. The zero-order chi connectivity index (χ0) is 17.2. The molecule has 1 aliphatic heterocycles. The van der Waals surface area contributed by atoms with Crippen LogP contribution in [-0.4, -0.2) is 34.3 Å². The van der Waals surface area contributed by atoms with Gasteiger partial charge in [0.15, 0.2) is 0 Å². The standard InChI is InChI=1S/C19H17N3O3/c1-13-4-2-5-16(12-13)18-21-20-17(25-18)14-6-8-15(9-7-14)19(23)22-10-3-11-24-22/h2,4-9,12H,3,10-11H2,1H3. The molecular weight excluding hydrogens is 318 g/mol. The molecular formula is C19H17N3O3. The minimum Gasteiger partial charge on any atom is -0.416 e. The second kappa shape index (κ2) is 6.49. The Balaban J connectivity index is 1.55. The lowest BCUT2D eigenvalue weighted by Gasteiger charge is -2.13. The van der Waals surface area contributed by atoms with Crippen LogP contribution in [0.4, 0.5) is 0 Å². The maximum Gasteiger partial charge on any atom is 0.277 e. The molecule has 2 heterocycles. The van der Waals surface area contributed by atoms with Gasteiger partial charge in [0.05, 0.1) is 13.2 Å². The molecule has 1 amide bonds. The van der Waals surface area contributed by atoms with E-state index in [2.05, 4.69) is 10.2 Å². The molecule has 1 aromatic heterocycles. The largest absolute Gasteiger partial charge is 0.416 e. The molecule has 0 unspecified atom stereocenters. The number of hydrogen-bond acceptors (Lipinski definition) is 5. The number of aromatic nitrogens is 2. The van der Waals surface area contributed by atoms with E-state index in [0.29, 0.717) is 30.5 Å². The van der Waals surface area contributed by atoms with Crippen LogP contribution in [0, 0.1) is 6.92 Å². The van der Waals surface area contributed by atoms with Crippen molar-refractivity contribution in [2.75, 3.05) is 13.2 Å². The summed E-state index contributed by atoms with van der Waals surface area (Å²) in [5.41, 5.74) is 3.36. The van der Waals surface area contributed by atoms with E-state index in [0.717, 1.165) is 23.1 Å². The summed E-state index contributed by atoms with van der Waals surface area (Å²) in [7, 11) is 0. The van der Waals surface area contributed by atoms with E-state index in [1.165, 1.54) is 5.06 Å². The average molecular weight is 335 g/mol. The summed E-state index contributed by atoms with van der Waals surface area (Å²) < 4.78 is 5.77. The molecule has 1 aliphatic rings. The maximum atomic E-state index is 12.3. The van der Waals surface area contributed by atoms with Gasteiger partial charge < -0.3 is 4.42 Å². The van der Waals surface area contributed by atoms with Crippen LogP contribution in [0.25, 0.3) is 22.9 Å². The number of rotatable bonds is 3. The molecule has 0 N–H and O–H groups in total. The zero-order valence-corrected chi connectivity index (χ0v) is 13.8. The summed E-state index contributed by atoms with van der Waals surface area (Å²) >= 11 is 0. The summed E-state index contributed by atoms with van der Waals surface area (Å²) in [5, 5.41) is 9.62. The van der Waals surface area contributed by atoms with Gasteiger partial charge in [0.25, 0.3) is 5.91 Å². The van der Waals surface area contributed by atoms with Gasteiger partial charge in [-0.1, -0.05) is 17.7 Å². The average Bonchev–Trinajstić information content (AvgIpc) is 3.33. The molecule has 0 atom stereocenters. The third-order valence-electron chi connectivity index (χ3n) is 4.05. The van der Waals surface area contributed by atoms with Gasteiger partial charge >= 0.3 is 0 Å². The summed E-state index contributed by atoms with van der Waals surface area (Å²) in [6, 6.07) is 15.0. The Kier molecular flexibility index (Phi) is 4.03. The topological polar surface area (TPSA) is 68.5 Å². The van der Waals surface area contributed by atoms with Crippen molar-refractivity contribution in [2.24, 2.45) is 0 Å². The van der Waals surface area contributed by atoms with Gasteiger partial charge in [0.2, 0.25) is 11.8 Å². The SMILES string of the molecule is Cc1cccc(-c2nnc(-c3ccc(C(=O)N4CCCO4)cc3)o2)c1. The predicted octanol–water partition coefficient (Wildman–Crippen LogP) is 3.49. The van der Waals surface area contributed by atoms with Gasteiger partial charge in [-0.25, -0.2) is 5.06 Å². The van der Waals surface area contributed by atoms with E-state index in [-0.39, 0.29) is 5.91 Å². The highest BCUT2D eigenvalue weighted by Gasteiger charge is 2.21. The van der Waals surface area contributed by atoms with E-state index in [4.69, 9.17) is 9.25 Å². The van der Waals surface area contributed by atoms with Crippen molar-refractivity contribution in [3.63, 3.8) is 0 Å². The molecule has 126 valence electrons. The fourth-order valence-electron chi connectivity index (χ4n) is 2.74. The fourth-order valence-corrected chi connectivity index (χ4v) is 2.74. The molecule has 0 saturated carbocycles. The van der Waals surface area contributed by atoms with E-state index in [1.54, 1.807) is 24.3 Å². The molecule has 6 nitrogen and oxygen atoms in total. The number of benzene rings is 2. The minimum atomic E-state index is -0.130. The Morgan fingerprint density at radius 3 is 2.48 bits per heavy atom. The Morgan fingerprint density at radius 1 is 1.04 bits per heavy atom. The first-order chi connectivity index (χ1) is 12.2. The first-order valence-electron chi connectivity index (χ1n) is 8.16. The van der Waals surface area contributed by atoms with Gasteiger partial charge in [-0.15, -0.1) is 10.2 Å². The summed E-state index contributed by atoms with van der Waals surface area (Å²) in [6.07, 6.45) is 0.869. The predicted molar refractivity (Wildman–Crippen MR) is 91.5 cm³/mol. The highest BCUT2D eigenvalue weighted by molar-refractivity contribution is 5.94. The van der Waals surface area contributed by atoms with Crippen LogP contribution in [0.3, 0.4) is 0 Å². The first-order valence-corrected chi connectivity index (χ1v) is 8.16. The molecule has 6 heteroatoms. The molecule has 0 radical (unpaired) electrons. The lowest BCUT2D eigenvalue weighted by Crippen LogP contribution is -2.26. The van der Waals surface area contributed by atoms with E-state index < -0.39 is 0 Å². The van der Waals surface area contributed by atoms with Gasteiger partial charge in [-0.05, 0) is 49.7 Å². The van der Waals surface area contributed by atoms with Crippen molar-refractivity contribution in [3.05, 3.63) is 59.7 Å². The molecule has 0 spiro atoms. The third kappa shape index (κ3) is 3.16. The number of hydroxylamine groups is 2. The number of aryl methyl sites for hydroxylation is 1. The van der Waals surface area contributed by atoms with Gasteiger partial charge in [-0.3, -0.25) is 9.63 Å². The highest BCUT2D eigenvalue weighted by atomic mass is 16.7. The summed E-state index contributed by atoms with van der Waals surface area (Å²) in [6.45, 7) is 3.23. The van der Waals surface area contributed by atoms with Crippen LogP contribution in [0.1, 0.15) is 22.3 Å². The smallest absolute Gasteiger partial charge is 0.277 e. The normalized spacial score (nSPS) is 14.0. The molecule has 1 fully saturated rings. The Morgan fingerprint density at radius 2 is 1.80 bits per heavy atom. The van der Waals surface area contributed by atoms with Crippen LogP contribution in [0.5, 0.6) is 0 Å². The Bertz CT molecular complexity index is 896. The molecule has 0 bridgehead atoms. The summed E-state index contributed by atoms with van der Waals surface area (Å²) in [4.78, 5) is 17.6. The molecule has 0 aliphatic carbocycles. The second-order valence-corrected chi connectivity index (χ2v) is 5.95. The highest BCUT2D eigenvalue weighted by Crippen LogP contribution is 2.25. The van der Waals surface area contributed by atoms with Crippen LogP contribution in [0.15, 0.2) is 52.9 Å². The van der Waals surface area contributed by atoms with Crippen LogP contribution in [0.2, 0.25) is 0 Å². The van der Waals surface area contributed by atoms with Gasteiger partial charge in [0.1, 0.15) is 0 Å². The Hall–Kier alpha value is -2.99. The van der Waals surface area contributed by atoms with Crippen molar-refractivity contribution in [3.8, 4) is 22.9 Å². The first kappa shape index (κ1) is 15.5. The van der Waals surface area contributed by atoms with Crippen molar-refractivity contribution in [2.45, 2.75) is 13.3 Å². The van der Waals surface area contributed by atoms with Gasteiger partial charge in [-0.2, -0.15) is 0 Å². The van der Waals surface area contributed by atoms with E-state index in [9.17, 15) is 4.79 Å². The number of carbonyl (C=O) groups is 1.